The van der Waals surface area contributed by atoms with Crippen molar-refractivity contribution in [3.8, 4) is 11.4 Å². The number of thiazole rings is 1. The molecule has 2 rings (SSSR count). The van der Waals surface area contributed by atoms with Crippen LogP contribution in [0.3, 0.4) is 0 Å². The fourth-order valence-electron chi connectivity index (χ4n) is 1.28. The van der Waals surface area contributed by atoms with Crippen LogP contribution in [0.2, 0.25) is 0 Å². The Morgan fingerprint density at radius 1 is 1.40 bits per heavy atom. The molecule has 80 valence electrons. The summed E-state index contributed by atoms with van der Waals surface area (Å²) in [6.07, 6.45) is 0. The topological polar surface area (TPSA) is 56.7 Å². The van der Waals surface area contributed by atoms with Gasteiger partial charge in [0.25, 0.3) is 0 Å². The van der Waals surface area contributed by atoms with Gasteiger partial charge < -0.3 is 5.73 Å². The average molecular weight is 222 g/mol. The van der Waals surface area contributed by atoms with E-state index < -0.39 is 0 Å². The summed E-state index contributed by atoms with van der Waals surface area (Å²) in [7, 11) is 1.83. The highest BCUT2D eigenvalue weighted by molar-refractivity contribution is 7.10. The van der Waals surface area contributed by atoms with Gasteiger partial charge in [0.1, 0.15) is 17.2 Å². The van der Waals surface area contributed by atoms with Gasteiger partial charge in [0, 0.05) is 24.4 Å². The molecule has 4 nitrogen and oxygen atoms in total. The Bertz CT molecular complexity index is 450. The molecule has 0 atom stereocenters. The molecule has 0 aliphatic rings. The summed E-state index contributed by atoms with van der Waals surface area (Å²) in [5, 5.41) is 7.45. The highest BCUT2D eigenvalue weighted by Crippen LogP contribution is 2.25. The van der Waals surface area contributed by atoms with Gasteiger partial charge >= 0.3 is 0 Å². The lowest BCUT2D eigenvalue weighted by molar-refractivity contribution is 0.780. The number of anilines is 1. The van der Waals surface area contributed by atoms with Crippen LogP contribution in [-0.4, -0.2) is 14.8 Å². The van der Waals surface area contributed by atoms with Gasteiger partial charge in [0.2, 0.25) is 0 Å². The minimum Gasteiger partial charge on any atom is -0.384 e. The second kappa shape index (κ2) is 3.66. The Kier molecular flexibility index (Phi) is 2.48. The molecule has 0 amide bonds. The van der Waals surface area contributed by atoms with Crippen molar-refractivity contribution < 1.29 is 0 Å². The van der Waals surface area contributed by atoms with Crippen molar-refractivity contribution in [2.75, 3.05) is 5.73 Å². The molecule has 15 heavy (non-hydrogen) atoms. The van der Waals surface area contributed by atoms with Gasteiger partial charge in [0.05, 0.1) is 5.01 Å². The van der Waals surface area contributed by atoms with Gasteiger partial charge in [-0.15, -0.1) is 11.3 Å². The summed E-state index contributed by atoms with van der Waals surface area (Å²) >= 11 is 1.67. The minimum atomic E-state index is 0.463. The van der Waals surface area contributed by atoms with E-state index in [4.69, 9.17) is 5.73 Å². The van der Waals surface area contributed by atoms with Crippen LogP contribution in [0.4, 0.5) is 5.82 Å². The standard InChI is InChI=1S/C10H14N4S/c1-6(2)10-12-8(5-15-10)7-4-9(11)14(3)13-7/h4-6H,11H2,1-3H3. The zero-order valence-electron chi connectivity index (χ0n) is 9.06. The summed E-state index contributed by atoms with van der Waals surface area (Å²) in [5.41, 5.74) is 7.48. The predicted octanol–water partition coefficient (Wildman–Crippen LogP) is 2.25. The SMILES string of the molecule is CC(C)c1nc(-c2cc(N)n(C)n2)cs1. The molecule has 0 fully saturated rings. The highest BCUT2D eigenvalue weighted by Gasteiger charge is 2.10. The first-order valence-corrected chi connectivity index (χ1v) is 5.71. The quantitative estimate of drug-likeness (QED) is 0.847. The maximum atomic E-state index is 5.72. The maximum absolute atomic E-state index is 5.72. The zero-order chi connectivity index (χ0) is 11.0. The number of hydrogen-bond donors (Lipinski definition) is 1. The van der Waals surface area contributed by atoms with Gasteiger partial charge in [-0.05, 0) is 0 Å². The first-order chi connectivity index (χ1) is 7.08. The van der Waals surface area contributed by atoms with Crippen LogP contribution in [0.15, 0.2) is 11.4 Å². The predicted molar refractivity (Wildman–Crippen MR) is 62.8 cm³/mol. The first kappa shape index (κ1) is 10.2. The molecule has 0 aromatic carbocycles. The van der Waals surface area contributed by atoms with E-state index in [1.165, 1.54) is 0 Å². The summed E-state index contributed by atoms with van der Waals surface area (Å²) < 4.78 is 1.66. The fraction of sp³-hybridized carbons (Fsp3) is 0.400. The van der Waals surface area contributed by atoms with Crippen molar-refractivity contribution in [2.45, 2.75) is 19.8 Å². The van der Waals surface area contributed by atoms with Crippen LogP contribution in [0, 0.1) is 0 Å². The average Bonchev–Trinajstić information content (AvgIpc) is 2.74. The van der Waals surface area contributed by atoms with Crippen LogP contribution >= 0.6 is 11.3 Å². The highest BCUT2D eigenvalue weighted by atomic mass is 32.1. The second-order valence-corrected chi connectivity index (χ2v) is 4.69. The van der Waals surface area contributed by atoms with Crippen molar-refractivity contribution in [3.63, 3.8) is 0 Å². The van der Waals surface area contributed by atoms with Gasteiger partial charge in [0.15, 0.2) is 0 Å². The number of nitrogens with two attached hydrogens (primary N) is 1. The molecule has 0 unspecified atom stereocenters. The summed E-state index contributed by atoms with van der Waals surface area (Å²) in [6.45, 7) is 4.27. The van der Waals surface area contributed by atoms with E-state index in [1.54, 1.807) is 16.0 Å². The molecule has 0 aliphatic carbocycles. The van der Waals surface area contributed by atoms with Crippen molar-refractivity contribution in [1.29, 1.82) is 0 Å². The molecule has 2 aromatic heterocycles. The van der Waals surface area contributed by atoms with E-state index >= 15 is 0 Å². The molecule has 0 aliphatic heterocycles. The largest absolute Gasteiger partial charge is 0.384 e. The number of nitrogen functional groups attached to an aromatic ring is 1. The lowest BCUT2D eigenvalue weighted by Crippen LogP contribution is -1.96. The third kappa shape index (κ3) is 1.87. The van der Waals surface area contributed by atoms with Gasteiger partial charge in [-0.1, -0.05) is 13.8 Å². The van der Waals surface area contributed by atoms with Gasteiger partial charge in [-0.25, -0.2) is 4.98 Å². The lowest BCUT2D eigenvalue weighted by atomic mass is 10.2. The van der Waals surface area contributed by atoms with E-state index in [1.807, 2.05) is 18.5 Å². The third-order valence-electron chi connectivity index (χ3n) is 2.19. The zero-order valence-corrected chi connectivity index (χ0v) is 9.88. The normalized spacial score (nSPS) is 11.2. The minimum absolute atomic E-state index is 0.463. The third-order valence-corrected chi connectivity index (χ3v) is 3.34. The molecule has 2 heterocycles. The molecular formula is C10H14N4S. The Morgan fingerprint density at radius 2 is 2.13 bits per heavy atom. The van der Waals surface area contributed by atoms with E-state index in [-0.39, 0.29) is 0 Å². The first-order valence-electron chi connectivity index (χ1n) is 4.83. The van der Waals surface area contributed by atoms with E-state index in [0.717, 1.165) is 16.4 Å². The van der Waals surface area contributed by atoms with Crippen molar-refractivity contribution in [2.24, 2.45) is 7.05 Å². The maximum Gasteiger partial charge on any atom is 0.122 e. The summed E-state index contributed by atoms with van der Waals surface area (Å²) in [4.78, 5) is 4.52. The Balaban J connectivity index is 2.37. The van der Waals surface area contributed by atoms with Crippen LogP contribution in [0.25, 0.3) is 11.4 Å². The monoisotopic (exact) mass is 222 g/mol. The fourth-order valence-corrected chi connectivity index (χ4v) is 2.11. The Morgan fingerprint density at radius 3 is 2.60 bits per heavy atom. The van der Waals surface area contributed by atoms with E-state index in [0.29, 0.717) is 11.7 Å². The van der Waals surface area contributed by atoms with Crippen molar-refractivity contribution in [3.05, 3.63) is 16.5 Å². The van der Waals surface area contributed by atoms with Crippen molar-refractivity contribution in [1.82, 2.24) is 14.8 Å². The Hall–Kier alpha value is -1.36. The molecule has 2 N–H and O–H groups in total. The van der Waals surface area contributed by atoms with Crippen LogP contribution in [0.1, 0.15) is 24.8 Å². The number of aryl methyl sites for hydroxylation is 1. The summed E-state index contributed by atoms with van der Waals surface area (Å²) in [5.74, 6) is 1.12. The molecule has 0 radical (unpaired) electrons. The molecule has 0 saturated heterocycles. The molecule has 0 saturated carbocycles. The van der Waals surface area contributed by atoms with Crippen LogP contribution in [-0.2, 0) is 7.05 Å². The smallest absolute Gasteiger partial charge is 0.122 e. The van der Waals surface area contributed by atoms with Gasteiger partial charge in [-0.3, -0.25) is 4.68 Å². The Labute approximate surface area is 92.8 Å². The van der Waals surface area contributed by atoms with Crippen molar-refractivity contribution >= 4 is 17.2 Å². The van der Waals surface area contributed by atoms with Crippen LogP contribution in [0.5, 0.6) is 0 Å². The molecular weight excluding hydrogens is 208 g/mol. The number of aromatic nitrogens is 3. The van der Waals surface area contributed by atoms with E-state index in [9.17, 15) is 0 Å². The molecule has 0 spiro atoms. The van der Waals surface area contributed by atoms with Gasteiger partial charge in [-0.2, -0.15) is 5.10 Å². The molecule has 0 bridgehead atoms. The lowest BCUT2D eigenvalue weighted by Gasteiger charge is -1.95. The number of rotatable bonds is 2. The van der Waals surface area contributed by atoms with E-state index in [2.05, 4.69) is 23.9 Å². The van der Waals surface area contributed by atoms with Crippen LogP contribution < -0.4 is 5.73 Å². The second-order valence-electron chi connectivity index (χ2n) is 3.80. The summed E-state index contributed by atoms with van der Waals surface area (Å²) in [6, 6.07) is 1.85. The molecule has 2 aromatic rings. The molecule has 5 heteroatoms. The number of hydrogen-bond acceptors (Lipinski definition) is 4. The number of nitrogens with zero attached hydrogens (tertiary/aromatic N) is 3.